The molecule has 0 saturated carbocycles. The molecule has 1 aromatic carbocycles. The zero-order chi connectivity index (χ0) is 15.1. The normalized spacial score (nSPS) is 10.8. The molecule has 5 nitrogen and oxygen atoms in total. The van der Waals surface area contributed by atoms with Crippen molar-refractivity contribution >= 4 is 11.6 Å². The summed E-state index contributed by atoms with van der Waals surface area (Å²) < 4.78 is 5.42. The summed E-state index contributed by atoms with van der Waals surface area (Å²) in [4.78, 5) is 14.1. The lowest BCUT2D eigenvalue weighted by Crippen LogP contribution is -2.29. The van der Waals surface area contributed by atoms with E-state index >= 15 is 0 Å². The number of nitrogens with zero attached hydrogens (tertiary/aromatic N) is 1. The Morgan fingerprint density at radius 1 is 1.25 bits per heavy atom. The number of hydrogen-bond donors (Lipinski definition) is 2. The lowest BCUT2D eigenvalue weighted by molar-refractivity contribution is 0.0899. The minimum atomic E-state index is -0.106. The van der Waals surface area contributed by atoms with Crippen LogP contribution in [0.5, 0.6) is 0 Å². The summed E-state index contributed by atoms with van der Waals surface area (Å²) >= 11 is 0. The van der Waals surface area contributed by atoms with Crippen LogP contribution in [0, 0.1) is 13.8 Å². The molecule has 5 heteroatoms. The molecule has 1 amide bonds. The second kappa shape index (κ2) is 7.87. The van der Waals surface area contributed by atoms with Gasteiger partial charge in [0.05, 0.1) is 13.2 Å². The van der Waals surface area contributed by atoms with Crippen LogP contribution in [0.1, 0.15) is 21.5 Å². The van der Waals surface area contributed by atoms with E-state index in [0.29, 0.717) is 31.0 Å². The highest BCUT2D eigenvalue weighted by Gasteiger charge is 2.10. The first-order valence-electron chi connectivity index (χ1n) is 6.79. The van der Waals surface area contributed by atoms with E-state index in [9.17, 15) is 4.79 Å². The van der Waals surface area contributed by atoms with E-state index in [1.54, 1.807) is 6.07 Å². The lowest BCUT2D eigenvalue weighted by Gasteiger charge is -2.12. The number of nitrogens with one attached hydrogen (secondary N) is 1. The SMILES string of the molecule is Cc1cc(C)c(C(=O)NCCOCCN(C)C)cc1N. The summed E-state index contributed by atoms with van der Waals surface area (Å²) in [5.74, 6) is -0.106. The molecular formula is C15H25N3O2. The molecule has 3 N–H and O–H groups in total. The average molecular weight is 279 g/mol. The Morgan fingerprint density at radius 2 is 1.95 bits per heavy atom. The van der Waals surface area contributed by atoms with Crippen molar-refractivity contribution in [2.45, 2.75) is 13.8 Å². The molecule has 0 spiro atoms. The third kappa shape index (κ3) is 5.19. The number of amides is 1. The Kier molecular flexibility index (Phi) is 6.48. The summed E-state index contributed by atoms with van der Waals surface area (Å²) in [6.45, 7) is 6.40. The minimum absolute atomic E-state index is 0.106. The molecule has 0 aromatic heterocycles. The van der Waals surface area contributed by atoms with Crippen molar-refractivity contribution in [1.29, 1.82) is 0 Å². The number of rotatable bonds is 7. The van der Waals surface area contributed by atoms with Crippen LogP contribution < -0.4 is 11.1 Å². The molecule has 1 aromatic rings. The smallest absolute Gasteiger partial charge is 0.251 e. The Labute approximate surface area is 121 Å². The standard InChI is InChI=1S/C15H25N3O2/c1-11-9-12(2)14(16)10-13(11)15(19)17-5-7-20-8-6-18(3)4/h9-10H,5-8,16H2,1-4H3,(H,17,19). The number of carbonyl (C=O) groups excluding carboxylic acids is 1. The topological polar surface area (TPSA) is 67.6 Å². The predicted molar refractivity (Wildman–Crippen MR) is 82.0 cm³/mol. The molecule has 0 radical (unpaired) electrons. The van der Waals surface area contributed by atoms with Crippen LogP contribution in [0.3, 0.4) is 0 Å². The van der Waals surface area contributed by atoms with Gasteiger partial charge in [0.1, 0.15) is 0 Å². The maximum absolute atomic E-state index is 12.0. The highest BCUT2D eigenvalue weighted by atomic mass is 16.5. The van der Waals surface area contributed by atoms with Crippen LogP contribution in [0.4, 0.5) is 5.69 Å². The average Bonchev–Trinajstić information content (AvgIpc) is 2.37. The second-order valence-corrected chi connectivity index (χ2v) is 5.20. The van der Waals surface area contributed by atoms with Gasteiger partial charge in [-0.05, 0) is 45.1 Å². The number of aryl methyl sites for hydroxylation is 2. The van der Waals surface area contributed by atoms with Crippen LogP contribution >= 0.6 is 0 Å². The fourth-order valence-electron chi connectivity index (χ4n) is 1.79. The number of likely N-dealkylation sites (N-methyl/N-ethyl adjacent to an activating group) is 1. The van der Waals surface area contributed by atoms with E-state index in [0.717, 1.165) is 17.7 Å². The van der Waals surface area contributed by atoms with E-state index in [2.05, 4.69) is 10.2 Å². The van der Waals surface area contributed by atoms with Crippen molar-refractivity contribution in [3.8, 4) is 0 Å². The number of anilines is 1. The number of nitrogen functional groups attached to an aromatic ring is 1. The molecule has 0 heterocycles. The highest BCUT2D eigenvalue weighted by Crippen LogP contribution is 2.17. The Hall–Kier alpha value is -1.59. The van der Waals surface area contributed by atoms with E-state index in [4.69, 9.17) is 10.5 Å². The van der Waals surface area contributed by atoms with Crippen LogP contribution in [0.2, 0.25) is 0 Å². The molecule has 112 valence electrons. The third-order valence-electron chi connectivity index (χ3n) is 3.07. The molecule has 20 heavy (non-hydrogen) atoms. The largest absolute Gasteiger partial charge is 0.398 e. The van der Waals surface area contributed by atoms with Crippen LogP contribution in [-0.2, 0) is 4.74 Å². The van der Waals surface area contributed by atoms with Gasteiger partial charge in [0.15, 0.2) is 0 Å². The third-order valence-corrected chi connectivity index (χ3v) is 3.07. The van der Waals surface area contributed by atoms with Crippen molar-refractivity contribution in [3.05, 3.63) is 28.8 Å². The lowest BCUT2D eigenvalue weighted by atomic mass is 10.0. The van der Waals surface area contributed by atoms with E-state index < -0.39 is 0 Å². The molecule has 0 fully saturated rings. The predicted octanol–water partition coefficient (Wildman–Crippen LogP) is 1.19. The Bertz CT molecular complexity index is 459. The van der Waals surface area contributed by atoms with E-state index in [1.165, 1.54) is 0 Å². The number of hydrogen-bond acceptors (Lipinski definition) is 4. The molecule has 0 aliphatic heterocycles. The van der Waals surface area contributed by atoms with E-state index in [1.807, 2.05) is 34.0 Å². The van der Waals surface area contributed by atoms with Gasteiger partial charge in [-0.15, -0.1) is 0 Å². The van der Waals surface area contributed by atoms with E-state index in [-0.39, 0.29) is 5.91 Å². The molecule has 0 saturated heterocycles. The van der Waals surface area contributed by atoms with Crippen molar-refractivity contribution < 1.29 is 9.53 Å². The van der Waals surface area contributed by atoms with Crippen LogP contribution in [-0.4, -0.2) is 51.2 Å². The van der Waals surface area contributed by atoms with Gasteiger partial charge in [-0.2, -0.15) is 0 Å². The fraction of sp³-hybridized carbons (Fsp3) is 0.533. The summed E-state index contributed by atoms with van der Waals surface area (Å²) in [6, 6.07) is 3.66. The Balaban J connectivity index is 2.38. The second-order valence-electron chi connectivity index (χ2n) is 5.20. The van der Waals surface area contributed by atoms with Gasteiger partial charge in [0, 0.05) is 24.3 Å². The summed E-state index contributed by atoms with van der Waals surface area (Å²) in [6.07, 6.45) is 0. The number of benzene rings is 1. The maximum atomic E-state index is 12.0. The molecule has 0 bridgehead atoms. The Morgan fingerprint density at radius 3 is 2.60 bits per heavy atom. The van der Waals surface area contributed by atoms with Gasteiger partial charge < -0.3 is 20.7 Å². The first-order valence-corrected chi connectivity index (χ1v) is 6.79. The zero-order valence-electron chi connectivity index (χ0n) is 12.8. The minimum Gasteiger partial charge on any atom is -0.398 e. The zero-order valence-corrected chi connectivity index (χ0v) is 12.8. The van der Waals surface area contributed by atoms with Crippen molar-refractivity contribution in [3.63, 3.8) is 0 Å². The molecule has 1 rings (SSSR count). The van der Waals surface area contributed by atoms with Gasteiger partial charge >= 0.3 is 0 Å². The van der Waals surface area contributed by atoms with Crippen molar-refractivity contribution in [1.82, 2.24) is 10.2 Å². The fourth-order valence-corrected chi connectivity index (χ4v) is 1.79. The quantitative estimate of drug-likeness (QED) is 0.581. The molecule has 0 atom stereocenters. The first kappa shape index (κ1) is 16.5. The van der Waals surface area contributed by atoms with Gasteiger partial charge in [-0.25, -0.2) is 0 Å². The molecule has 0 aliphatic carbocycles. The summed E-state index contributed by atoms with van der Waals surface area (Å²) in [7, 11) is 3.99. The van der Waals surface area contributed by atoms with Crippen molar-refractivity contribution in [2.75, 3.05) is 46.1 Å². The van der Waals surface area contributed by atoms with Gasteiger partial charge in [0.25, 0.3) is 5.91 Å². The number of carbonyl (C=O) groups is 1. The van der Waals surface area contributed by atoms with Crippen LogP contribution in [0.25, 0.3) is 0 Å². The summed E-state index contributed by atoms with van der Waals surface area (Å²) in [5, 5.41) is 2.84. The van der Waals surface area contributed by atoms with Gasteiger partial charge in [-0.3, -0.25) is 4.79 Å². The van der Waals surface area contributed by atoms with Crippen molar-refractivity contribution in [2.24, 2.45) is 0 Å². The van der Waals surface area contributed by atoms with Gasteiger partial charge in [-0.1, -0.05) is 6.07 Å². The summed E-state index contributed by atoms with van der Waals surface area (Å²) in [5.41, 5.74) is 9.03. The number of nitrogens with two attached hydrogens (primary N) is 1. The molecular weight excluding hydrogens is 254 g/mol. The first-order chi connectivity index (χ1) is 9.41. The molecule has 0 unspecified atom stereocenters. The maximum Gasteiger partial charge on any atom is 0.251 e. The van der Waals surface area contributed by atoms with Gasteiger partial charge in [0.2, 0.25) is 0 Å². The molecule has 0 aliphatic rings. The van der Waals surface area contributed by atoms with Crippen LogP contribution in [0.15, 0.2) is 12.1 Å². The highest BCUT2D eigenvalue weighted by molar-refractivity contribution is 5.96. The monoisotopic (exact) mass is 279 g/mol. The number of ether oxygens (including phenoxy) is 1.